The van der Waals surface area contributed by atoms with Crippen LogP contribution in [-0.4, -0.2) is 0 Å². The van der Waals surface area contributed by atoms with Crippen LogP contribution in [0.15, 0.2) is 25.6 Å². The van der Waals surface area contributed by atoms with E-state index in [4.69, 9.17) is 0 Å². The standard InChI is InChI=1S/C6H4Br3O3P.2K/c7-3-1-4(8)6(5(9)2-3)13(10,11)12;;/h1-2H,(H2,10,11,12);;/q;2*+1/p-2. The van der Waals surface area contributed by atoms with Gasteiger partial charge in [-0.15, -0.1) is 7.94 Å². The minimum atomic E-state index is -4.73. The second kappa shape index (κ2) is 9.23. The summed E-state index contributed by atoms with van der Waals surface area (Å²) in [6.45, 7) is 0. The van der Waals surface area contributed by atoms with Gasteiger partial charge < -0.3 is 14.7 Å². The average Bonchev–Trinajstić information content (AvgIpc) is 1.78. The van der Waals surface area contributed by atoms with Crippen molar-refractivity contribution in [1.29, 1.82) is 0 Å². The molecule has 1 aromatic rings. The molecule has 15 heavy (non-hydrogen) atoms. The molecule has 0 spiro atoms. The first-order valence-electron chi connectivity index (χ1n) is 2.99. The van der Waals surface area contributed by atoms with E-state index in [9.17, 15) is 14.7 Å². The number of rotatable bonds is 1. The van der Waals surface area contributed by atoms with E-state index in [1.165, 1.54) is 12.1 Å². The van der Waals surface area contributed by atoms with E-state index in [0.717, 1.165) is 0 Å². The second-order valence-electron chi connectivity index (χ2n) is 2.22. The van der Waals surface area contributed by atoms with Gasteiger partial charge >= 0.3 is 103 Å². The van der Waals surface area contributed by atoms with Gasteiger partial charge in [0.2, 0.25) is 0 Å². The zero-order chi connectivity index (χ0) is 10.2. The monoisotopic (exact) mass is 468 g/mol. The molecule has 0 atom stereocenters. The van der Waals surface area contributed by atoms with Gasteiger partial charge in [-0.3, -0.25) is 0 Å². The van der Waals surface area contributed by atoms with Crippen molar-refractivity contribution in [3.05, 3.63) is 25.6 Å². The predicted molar refractivity (Wildman–Crippen MR) is 56.1 cm³/mol. The van der Waals surface area contributed by atoms with E-state index in [1.54, 1.807) is 0 Å². The molecule has 0 aromatic heterocycles. The van der Waals surface area contributed by atoms with Crippen LogP contribution in [0.25, 0.3) is 0 Å². The van der Waals surface area contributed by atoms with E-state index in [-0.39, 0.29) is 117 Å². The van der Waals surface area contributed by atoms with Crippen molar-refractivity contribution in [3.63, 3.8) is 0 Å². The Kier molecular flexibility index (Phi) is 13.3. The zero-order valence-electron chi connectivity index (χ0n) is 7.96. The maximum Gasteiger partial charge on any atom is 1.00 e. The van der Waals surface area contributed by atoms with E-state index in [1.807, 2.05) is 0 Å². The molecule has 72 valence electrons. The van der Waals surface area contributed by atoms with Gasteiger partial charge in [-0.1, -0.05) is 15.9 Å². The molecular weight excluding hydrogens is 469 g/mol. The minimum absolute atomic E-state index is 0. The Morgan fingerprint density at radius 3 is 1.47 bits per heavy atom. The number of hydrogen-bond donors (Lipinski definition) is 0. The van der Waals surface area contributed by atoms with E-state index in [0.29, 0.717) is 4.47 Å². The first-order valence-corrected chi connectivity index (χ1v) is 6.91. The van der Waals surface area contributed by atoms with Gasteiger partial charge in [0.15, 0.2) is 0 Å². The fourth-order valence-electron chi connectivity index (χ4n) is 0.796. The predicted octanol–water partition coefficient (Wildman–Crippen LogP) is -5.55. The normalized spacial score (nSPS) is 10.3. The topological polar surface area (TPSA) is 69.2 Å². The molecule has 0 unspecified atom stereocenters. The van der Waals surface area contributed by atoms with Crippen LogP contribution >= 0.6 is 55.7 Å². The zero-order valence-corrected chi connectivity index (χ0v) is 19.9. The fraction of sp³-hybridized carbons (Fsp3) is 0. The molecule has 0 aliphatic rings. The van der Waals surface area contributed by atoms with Crippen LogP contribution in [0.3, 0.4) is 0 Å². The number of benzene rings is 1. The van der Waals surface area contributed by atoms with Gasteiger partial charge in [0, 0.05) is 4.47 Å². The van der Waals surface area contributed by atoms with Gasteiger partial charge in [0.25, 0.3) is 0 Å². The van der Waals surface area contributed by atoms with Crippen molar-refractivity contribution >= 4 is 61.0 Å². The molecule has 0 radical (unpaired) electrons. The first kappa shape index (κ1) is 21.5. The molecule has 0 saturated heterocycles. The molecule has 1 aromatic carbocycles. The van der Waals surface area contributed by atoms with Gasteiger partial charge in [-0.2, -0.15) is 0 Å². The van der Waals surface area contributed by atoms with Crippen LogP contribution in [-0.2, 0) is 0 Å². The molecule has 1 rings (SSSR count). The molecule has 0 N–H and O–H groups in total. The largest absolute Gasteiger partial charge is 1.00 e. The van der Waals surface area contributed by atoms with Crippen LogP contribution in [0, 0.1) is 0 Å². The summed E-state index contributed by atoms with van der Waals surface area (Å²) < 4.78 is 1.19. The summed E-state index contributed by atoms with van der Waals surface area (Å²) in [4.78, 5) is 32.3. The summed E-state index contributed by atoms with van der Waals surface area (Å²) in [7, 11) is -4.73. The van der Waals surface area contributed by atoms with Crippen LogP contribution < -0.4 is 123 Å². The quantitative estimate of drug-likeness (QED) is 0.304. The molecule has 0 aliphatic carbocycles. The molecule has 0 bridgehead atoms. The SMILES string of the molecule is [K+].[K+].[O-][P+]([O-])([O-])c1c(Br)cc(Br)cc1Br. The van der Waals surface area contributed by atoms with E-state index < -0.39 is 7.94 Å². The Hall–Kier alpha value is 4.24. The molecule has 0 amide bonds. The Labute approximate surface area is 199 Å². The second-order valence-corrected chi connectivity index (χ2v) is 6.28. The summed E-state index contributed by atoms with van der Waals surface area (Å²) in [6, 6.07) is 3.01. The first-order chi connectivity index (χ1) is 5.82. The van der Waals surface area contributed by atoms with Crippen molar-refractivity contribution in [3.8, 4) is 0 Å². The maximum absolute atomic E-state index is 10.8. The van der Waals surface area contributed by atoms with Crippen molar-refractivity contribution in [2.75, 3.05) is 0 Å². The molecule has 0 heterocycles. The minimum Gasteiger partial charge on any atom is -0.683 e. The van der Waals surface area contributed by atoms with Crippen molar-refractivity contribution in [2.45, 2.75) is 0 Å². The number of halogens is 3. The van der Waals surface area contributed by atoms with Crippen molar-refractivity contribution in [2.24, 2.45) is 0 Å². The fourth-order valence-corrected chi connectivity index (χ4v) is 5.01. The summed E-state index contributed by atoms with van der Waals surface area (Å²) in [5.74, 6) is 0. The van der Waals surface area contributed by atoms with E-state index >= 15 is 0 Å². The van der Waals surface area contributed by atoms with Crippen molar-refractivity contribution < 1.29 is 117 Å². The molecule has 3 nitrogen and oxygen atoms in total. The van der Waals surface area contributed by atoms with Gasteiger partial charge in [0.05, 0.1) is 8.95 Å². The Balaban J connectivity index is 0. The van der Waals surface area contributed by atoms with Crippen LogP contribution in [0.2, 0.25) is 0 Å². The third kappa shape index (κ3) is 6.99. The molecule has 0 saturated carbocycles. The summed E-state index contributed by atoms with van der Waals surface area (Å²) >= 11 is 9.16. The maximum atomic E-state index is 10.8. The number of hydrogen-bond acceptors (Lipinski definition) is 3. The van der Waals surface area contributed by atoms with Crippen LogP contribution in [0.1, 0.15) is 0 Å². The van der Waals surface area contributed by atoms with Crippen molar-refractivity contribution in [1.82, 2.24) is 0 Å². The molecular formula is C6H2Br3K2O3P. The third-order valence-electron chi connectivity index (χ3n) is 1.26. The van der Waals surface area contributed by atoms with Crippen LogP contribution in [0.5, 0.6) is 0 Å². The summed E-state index contributed by atoms with van der Waals surface area (Å²) in [6.07, 6.45) is 0. The average molecular weight is 471 g/mol. The van der Waals surface area contributed by atoms with Gasteiger partial charge in [0.1, 0.15) is 5.30 Å². The smallest absolute Gasteiger partial charge is 0.683 e. The molecule has 9 heteroatoms. The molecule has 0 fully saturated rings. The Morgan fingerprint density at radius 2 is 1.20 bits per heavy atom. The Morgan fingerprint density at radius 1 is 0.867 bits per heavy atom. The van der Waals surface area contributed by atoms with E-state index in [2.05, 4.69) is 47.8 Å². The van der Waals surface area contributed by atoms with Gasteiger partial charge in [-0.25, -0.2) is 0 Å². The van der Waals surface area contributed by atoms with Crippen LogP contribution in [0.4, 0.5) is 0 Å². The summed E-state index contributed by atoms with van der Waals surface area (Å²) in [5.41, 5.74) is 0. The third-order valence-corrected chi connectivity index (χ3v) is 4.61. The van der Waals surface area contributed by atoms with Gasteiger partial charge in [-0.05, 0) is 44.0 Å². The Bertz CT molecular complexity index is 322. The summed E-state index contributed by atoms with van der Waals surface area (Å²) in [5, 5.41) is -0.254. The molecule has 0 aliphatic heterocycles.